The molecule has 0 spiro atoms. The van der Waals surface area contributed by atoms with Crippen molar-refractivity contribution in [2.24, 2.45) is 0 Å². The lowest BCUT2D eigenvalue weighted by Gasteiger charge is -2.36. The van der Waals surface area contributed by atoms with Gasteiger partial charge < -0.3 is 5.11 Å². The number of thiazole rings is 1. The molecule has 1 atom stereocenters. The average Bonchev–Trinajstić information content (AvgIpc) is 2.85. The first-order chi connectivity index (χ1) is 10.0. The molecule has 4 heteroatoms. The Bertz CT molecular complexity index is 604. The summed E-state index contributed by atoms with van der Waals surface area (Å²) in [6, 6.07) is 8.74. The number of likely N-dealkylation sites (tertiary alicyclic amines) is 1. The molecule has 1 aromatic carbocycles. The molecule has 0 radical (unpaired) electrons. The second-order valence-corrected chi connectivity index (χ2v) is 7.13. The molecule has 0 aliphatic carbocycles. The van der Waals surface area contributed by atoms with Crippen LogP contribution in [0.1, 0.15) is 31.0 Å². The van der Waals surface area contributed by atoms with Gasteiger partial charge in [-0.1, -0.05) is 24.3 Å². The van der Waals surface area contributed by atoms with Gasteiger partial charge in [-0.2, -0.15) is 0 Å². The van der Waals surface area contributed by atoms with Crippen molar-refractivity contribution in [2.75, 3.05) is 13.1 Å². The topological polar surface area (TPSA) is 36.4 Å². The Balaban J connectivity index is 1.69. The van der Waals surface area contributed by atoms with Crippen LogP contribution < -0.4 is 0 Å². The largest absolute Gasteiger partial charge is 0.389 e. The van der Waals surface area contributed by atoms with Gasteiger partial charge in [0, 0.05) is 13.1 Å². The first-order valence-electron chi connectivity index (χ1n) is 7.48. The van der Waals surface area contributed by atoms with E-state index in [0.717, 1.165) is 38.2 Å². The van der Waals surface area contributed by atoms with Crippen molar-refractivity contribution in [3.05, 3.63) is 41.0 Å². The molecule has 1 N–H and O–H groups in total. The van der Waals surface area contributed by atoms with E-state index >= 15 is 0 Å². The van der Waals surface area contributed by atoms with Crippen LogP contribution in [0.3, 0.4) is 0 Å². The maximum atomic E-state index is 10.2. The van der Waals surface area contributed by atoms with Crippen molar-refractivity contribution >= 4 is 11.3 Å². The van der Waals surface area contributed by atoms with Crippen molar-refractivity contribution in [3.63, 3.8) is 0 Å². The molecule has 1 aliphatic rings. The molecule has 21 heavy (non-hydrogen) atoms. The molecule has 1 aromatic heterocycles. The first-order valence-corrected chi connectivity index (χ1v) is 8.36. The predicted octanol–water partition coefficient (Wildman–Crippen LogP) is 3.47. The van der Waals surface area contributed by atoms with Crippen molar-refractivity contribution in [2.45, 2.75) is 38.8 Å². The molecule has 1 saturated heterocycles. The van der Waals surface area contributed by atoms with E-state index in [2.05, 4.69) is 41.1 Å². The third-order valence-electron chi connectivity index (χ3n) is 4.12. The summed E-state index contributed by atoms with van der Waals surface area (Å²) in [7, 11) is 0. The van der Waals surface area contributed by atoms with Crippen LogP contribution in [0, 0.1) is 6.92 Å². The number of piperidine rings is 1. The summed E-state index contributed by atoms with van der Waals surface area (Å²) >= 11 is 1.69. The van der Waals surface area contributed by atoms with Gasteiger partial charge in [0.25, 0.3) is 0 Å². The minimum atomic E-state index is -0.530. The van der Waals surface area contributed by atoms with Crippen molar-refractivity contribution in [1.82, 2.24) is 9.88 Å². The Morgan fingerprint density at radius 1 is 1.33 bits per heavy atom. The third kappa shape index (κ3) is 3.51. The highest BCUT2D eigenvalue weighted by Crippen LogP contribution is 2.28. The maximum Gasteiger partial charge on any atom is 0.0801 e. The van der Waals surface area contributed by atoms with Crippen LogP contribution in [0.5, 0.6) is 0 Å². The van der Waals surface area contributed by atoms with E-state index < -0.39 is 5.60 Å². The standard InChI is InChI=1S/C17H22N2OS/c1-13-16(21-12-18-13)15-6-4-14(5-7-15)10-19-9-3-8-17(2,20)11-19/h4-7,12,20H,3,8-11H2,1-2H3. The lowest BCUT2D eigenvalue weighted by molar-refractivity contribution is -0.0181. The third-order valence-corrected chi connectivity index (χ3v) is 5.10. The molecule has 2 aromatic rings. The quantitative estimate of drug-likeness (QED) is 0.943. The van der Waals surface area contributed by atoms with Gasteiger partial charge in [-0.3, -0.25) is 4.90 Å². The van der Waals surface area contributed by atoms with Gasteiger partial charge in [-0.15, -0.1) is 11.3 Å². The van der Waals surface area contributed by atoms with Gasteiger partial charge in [0.05, 0.1) is 21.7 Å². The second kappa shape index (κ2) is 5.87. The molecule has 1 unspecified atom stereocenters. The lowest BCUT2D eigenvalue weighted by atomic mass is 9.95. The number of benzene rings is 1. The van der Waals surface area contributed by atoms with Crippen molar-refractivity contribution in [3.8, 4) is 10.4 Å². The summed E-state index contributed by atoms with van der Waals surface area (Å²) < 4.78 is 0. The number of aromatic nitrogens is 1. The summed E-state index contributed by atoms with van der Waals surface area (Å²) in [6.07, 6.45) is 1.98. The first kappa shape index (κ1) is 14.7. The van der Waals surface area contributed by atoms with Crippen LogP contribution in [0.15, 0.2) is 29.8 Å². The van der Waals surface area contributed by atoms with Gasteiger partial charge in [0.2, 0.25) is 0 Å². The Labute approximate surface area is 130 Å². The van der Waals surface area contributed by atoms with E-state index in [-0.39, 0.29) is 0 Å². The van der Waals surface area contributed by atoms with Gasteiger partial charge >= 0.3 is 0 Å². The monoisotopic (exact) mass is 302 g/mol. The summed E-state index contributed by atoms with van der Waals surface area (Å²) in [5.41, 5.74) is 5.01. The van der Waals surface area contributed by atoms with Gasteiger partial charge in [0.1, 0.15) is 0 Å². The fraction of sp³-hybridized carbons (Fsp3) is 0.471. The Kier molecular flexibility index (Phi) is 4.11. The fourth-order valence-electron chi connectivity index (χ4n) is 3.06. The molecule has 3 nitrogen and oxygen atoms in total. The van der Waals surface area contributed by atoms with Gasteiger partial charge in [0.15, 0.2) is 0 Å². The van der Waals surface area contributed by atoms with E-state index in [4.69, 9.17) is 0 Å². The number of β-amino-alcohol motifs (C(OH)–C–C–N with tert-alkyl or cyclic N) is 1. The van der Waals surface area contributed by atoms with Gasteiger partial charge in [-0.25, -0.2) is 4.98 Å². The highest BCUT2D eigenvalue weighted by molar-refractivity contribution is 7.13. The number of aliphatic hydroxyl groups is 1. The van der Waals surface area contributed by atoms with Crippen molar-refractivity contribution < 1.29 is 5.11 Å². The number of hydrogen-bond acceptors (Lipinski definition) is 4. The molecule has 0 bridgehead atoms. The predicted molar refractivity (Wildman–Crippen MR) is 87.4 cm³/mol. The highest BCUT2D eigenvalue weighted by Gasteiger charge is 2.28. The Morgan fingerprint density at radius 3 is 2.71 bits per heavy atom. The molecule has 1 aliphatic heterocycles. The SMILES string of the molecule is Cc1ncsc1-c1ccc(CN2CCCC(C)(O)C2)cc1. The average molecular weight is 302 g/mol. The molecule has 1 fully saturated rings. The molecule has 0 amide bonds. The molecular formula is C17H22N2OS. The van der Waals surface area contributed by atoms with Crippen LogP contribution >= 0.6 is 11.3 Å². The van der Waals surface area contributed by atoms with Crippen LogP contribution in [0.4, 0.5) is 0 Å². The van der Waals surface area contributed by atoms with E-state index in [9.17, 15) is 5.11 Å². The summed E-state index contributed by atoms with van der Waals surface area (Å²) in [5.74, 6) is 0. The zero-order chi connectivity index (χ0) is 14.9. The van der Waals surface area contributed by atoms with Crippen molar-refractivity contribution in [1.29, 1.82) is 0 Å². The van der Waals surface area contributed by atoms with Crippen LogP contribution in [0.2, 0.25) is 0 Å². The summed E-state index contributed by atoms with van der Waals surface area (Å²) in [5, 5.41) is 10.2. The van der Waals surface area contributed by atoms with Crippen LogP contribution in [0.25, 0.3) is 10.4 Å². The summed E-state index contributed by atoms with van der Waals surface area (Å²) in [4.78, 5) is 7.90. The zero-order valence-electron chi connectivity index (χ0n) is 12.7. The molecular weight excluding hydrogens is 280 g/mol. The lowest BCUT2D eigenvalue weighted by Crippen LogP contribution is -2.45. The molecule has 112 valence electrons. The van der Waals surface area contributed by atoms with E-state index in [1.807, 2.05) is 12.4 Å². The molecule has 2 heterocycles. The Hall–Kier alpha value is -1.23. The van der Waals surface area contributed by atoms with E-state index in [1.165, 1.54) is 16.0 Å². The smallest absolute Gasteiger partial charge is 0.0801 e. The van der Waals surface area contributed by atoms with Crippen LogP contribution in [-0.4, -0.2) is 33.7 Å². The minimum Gasteiger partial charge on any atom is -0.389 e. The van der Waals surface area contributed by atoms with E-state index in [0.29, 0.717) is 0 Å². The van der Waals surface area contributed by atoms with Gasteiger partial charge in [-0.05, 0) is 44.4 Å². The van der Waals surface area contributed by atoms with Crippen LogP contribution in [-0.2, 0) is 6.54 Å². The second-order valence-electron chi connectivity index (χ2n) is 6.27. The zero-order valence-corrected chi connectivity index (χ0v) is 13.5. The normalized spacial score (nSPS) is 23.4. The number of hydrogen-bond donors (Lipinski definition) is 1. The number of aryl methyl sites for hydroxylation is 1. The fourth-order valence-corrected chi connectivity index (χ4v) is 3.87. The highest BCUT2D eigenvalue weighted by atomic mass is 32.1. The number of rotatable bonds is 3. The van der Waals surface area contributed by atoms with E-state index in [1.54, 1.807) is 11.3 Å². The molecule has 0 saturated carbocycles. The molecule has 3 rings (SSSR count). The summed E-state index contributed by atoms with van der Waals surface area (Å²) in [6.45, 7) is 6.75. The maximum absolute atomic E-state index is 10.2. The number of nitrogens with zero attached hydrogens (tertiary/aromatic N) is 2. The Morgan fingerprint density at radius 2 is 2.10 bits per heavy atom. The minimum absolute atomic E-state index is 0.530.